The molecule has 3 aromatic rings. The normalized spacial score (nSPS) is 10.5. The van der Waals surface area contributed by atoms with E-state index in [1.807, 2.05) is 24.3 Å². The molecule has 8 nitrogen and oxygen atoms in total. The molecule has 3 rings (SSSR count). The van der Waals surface area contributed by atoms with Gasteiger partial charge in [-0.1, -0.05) is 36.4 Å². The summed E-state index contributed by atoms with van der Waals surface area (Å²) in [6, 6.07) is 14.1. The van der Waals surface area contributed by atoms with Crippen LogP contribution in [0.15, 0.2) is 53.3 Å². The van der Waals surface area contributed by atoms with Crippen LogP contribution in [0.3, 0.4) is 0 Å². The SMILES string of the molecule is COc1ccccc1CCNC(=O)COC(=O)c1n[nH]c(=O)c2ccccc12. The van der Waals surface area contributed by atoms with Gasteiger partial charge >= 0.3 is 5.97 Å². The predicted molar refractivity (Wildman–Crippen MR) is 102 cm³/mol. The Labute approximate surface area is 160 Å². The molecule has 1 heterocycles. The fraction of sp³-hybridized carbons (Fsp3) is 0.200. The maximum Gasteiger partial charge on any atom is 0.359 e. The van der Waals surface area contributed by atoms with Gasteiger partial charge in [-0.3, -0.25) is 9.59 Å². The number of rotatable bonds is 7. The molecule has 0 aliphatic heterocycles. The molecule has 0 saturated carbocycles. The van der Waals surface area contributed by atoms with Gasteiger partial charge in [0.1, 0.15) is 5.75 Å². The predicted octanol–water partition coefficient (Wildman–Crippen LogP) is 1.45. The van der Waals surface area contributed by atoms with Crippen LogP contribution in [-0.2, 0) is 16.0 Å². The van der Waals surface area contributed by atoms with Crippen molar-refractivity contribution in [2.75, 3.05) is 20.3 Å². The first-order valence-electron chi connectivity index (χ1n) is 8.63. The average molecular weight is 381 g/mol. The van der Waals surface area contributed by atoms with E-state index in [1.165, 1.54) is 0 Å². The number of methoxy groups -OCH3 is 1. The third kappa shape index (κ3) is 4.35. The minimum absolute atomic E-state index is 0.0444. The number of benzene rings is 2. The zero-order valence-corrected chi connectivity index (χ0v) is 15.2. The van der Waals surface area contributed by atoms with E-state index in [0.29, 0.717) is 23.7 Å². The molecule has 0 fully saturated rings. The van der Waals surface area contributed by atoms with Crippen molar-refractivity contribution in [3.8, 4) is 5.75 Å². The number of nitrogens with zero attached hydrogens (tertiary/aromatic N) is 1. The molecule has 0 saturated heterocycles. The first-order chi connectivity index (χ1) is 13.6. The van der Waals surface area contributed by atoms with Crippen LogP contribution in [0.2, 0.25) is 0 Å². The smallest absolute Gasteiger partial charge is 0.359 e. The van der Waals surface area contributed by atoms with Crippen LogP contribution >= 0.6 is 0 Å². The van der Waals surface area contributed by atoms with Crippen molar-refractivity contribution >= 4 is 22.6 Å². The second-order valence-electron chi connectivity index (χ2n) is 5.93. The monoisotopic (exact) mass is 381 g/mol. The molecule has 8 heteroatoms. The van der Waals surface area contributed by atoms with Crippen molar-refractivity contribution < 1.29 is 19.1 Å². The summed E-state index contributed by atoms with van der Waals surface area (Å²) >= 11 is 0. The van der Waals surface area contributed by atoms with Gasteiger partial charge in [0.25, 0.3) is 11.5 Å². The summed E-state index contributed by atoms with van der Waals surface area (Å²) < 4.78 is 10.3. The van der Waals surface area contributed by atoms with Gasteiger partial charge < -0.3 is 14.8 Å². The number of aromatic amines is 1. The Morgan fingerprint density at radius 2 is 1.79 bits per heavy atom. The number of carbonyl (C=O) groups is 2. The van der Waals surface area contributed by atoms with E-state index >= 15 is 0 Å². The molecule has 0 aliphatic carbocycles. The second kappa shape index (κ2) is 8.81. The number of H-pyrrole nitrogens is 1. The molecule has 1 amide bonds. The van der Waals surface area contributed by atoms with Crippen molar-refractivity contribution in [2.24, 2.45) is 0 Å². The lowest BCUT2D eigenvalue weighted by molar-refractivity contribution is -0.124. The van der Waals surface area contributed by atoms with Crippen molar-refractivity contribution in [3.05, 3.63) is 70.1 Å². The summed E-state index contributed by atoms with van der Waals surface area (Å²) in [6.07, 6.45) is 0.579. The van der Waals surface area contributed by atoms with E-state index in [-0.39, 0.29) is 5.69 Å². The van der Waals surface area contributed by atoms with Crippen molar-refractivity contribution in [3.63, 3.8) is 0 Å². The lowest BCUT2D eigenvalue weighted by Gasteiger charge is -2.09. The highest BCUT2D eigenvalue weighted by Crippen LogP contribution is 2.17. The largest absolute Gasteiger partial charge is 0.496 e. The van der Waals surface area contributed by atoms with E-state index in [0.717, 1.165) is 11.3 Å². The van der Waals surface area contributed by atoms with Gasteiger partial charge in [0.2, 0.25) is 0 Å². The van der Waals surface area contributed by atoms with Crippen LogP contribution in [0.5, 0.6) is 5.75 Å². The number of ether oxygens (including phenoxy) is 2. The number of aromatic nitrogens is 2. The van der Waals surface area contributed by atoms with Gasteiger partial charge in [0.05, 0.1) is 12.5 Å². The zero-order valence-electron chi connectivity index (χ0n) is 15.2. The van der Waals surface area contributed by atoms with Gasteiger partial charge in [0.15, 0.2) is 12.3 Å². The molecule has 0 bridgehead atoms. The molecular weight excluding hydrogens is 362 g/mol. The summed E-state index contributed by atoms with van der Waals surface area (Å²) in [6.45, 7) is -0.0729. The lowest BCUT2D eigenvalue weighted by Crippen LogP contribution is -2.30. The molecule has 0 aliphatic rings. The zero-order chi connectivity index (χ0) is 19.9. The van der Waals surface area contributed by atoms with Gasteiger partial charge in [-0.2, -0.15) is 5.10 Å². The number of amides is 1. The molecule has 28 heavy (non-hydrogen) atoms. The van der Waals surface area contributed by atoms with Crippen molar-refractivity contribution in [2.45, 2.75) is 6.42 Å². The van der Waals surface area contributed by atoms with E-state index in [9.17, 15) is 14.4 Å². The maximum atomic E-state index is 12.2. The number of hydrogen-bond acceptors (Lipinski definition) is 6. The number of para-hydroxylation sites is 1. The van der Waals surface area contributed by atoms with Gasteiger partial charge in [-0.15, -0.1) is 0 Å². The van der Waals surface area contributed by atoms with Crippen molar-refractivity contribution in [1.29, 1.82) is 0 Å². The Morgan fingerprint density at radius 1 is 1.07 bits per heavy atom. The molecule has 0 spiro atoms. The molecule has 0 unspecified atom stereocenters. The van der Waals surface area contributed by atoms with Crippen LogP contribution in [-0.4, -0.2) is 42.3 Å². The topological polar surface area (TPSA) is 110 Å². The first-order valence-corrected chi connectivity index (χ1v) is 8.63. The second-order valence-corrected chi connectivity index (χ2v) is 5.93. The summed E-state index contributed by atoms with van der Waals surface area (Å²) in [4.78, 5) is 36.0. The Kier molecular flexibility index (Phi) is 6.01. The highest BCUT2D eigenvalue weighted by Gasteiger charge is 2.16. The first kappa shape index (κ1) is 19.1. The summed E-state index contributed by atoms with van der Waals surface area (Å²) in [5.74, 6) is -0.469. The molecule has 144 valence electrons. The molecule has 0 radical (unpaired) electrons. The van der Waals surface area contributed by atoms with Crippen LogP contribution < -0.4 is 15.6 Å². The van der Waals surface area contributed by atoms with E-state index in [1.54, 1.807) is 31.4 Å². The Bertz CT molecular complexity index is 1060. The number of esters is 1. The summed E-state index contributed by atoms with van der Waals surface area (Å²) in [5, 5.41) is 9.38. The Morgan fingerprint density at radius 3 is 2.57 bits per heavy atom. The standard InChI is InChI=1S/C20H19N3O5/c1-27-16-9-5-2-6-13(16)10-11-21-17(24)12-28-20(26)18-14-7-3-4-8-15(14)19(25)23-22-18/h2-9H,10-12H2,1H3,(H,21,24)(H,23,25). The van der Waals surface area contributed by atoms with Crippen LogP contribution in [0.4, 0.5) is 0 Å². The minimum Gasteiger partial charge on any atom is -0.496 e. The molecule has 0 atom stereocenters. The fourth-order valence-corrected chi connectivity index (χ4v) is 2.77. The molecule has 2 N–H and O–H groups in total. The van der Waals surface area contributed by atoms with Crippen LogP contribution in [0.1, 0.15) is 16.1 Å². The van der Waals surface area contributed by atoms with Gasteiger partial charge in [-0.25, -0.2) is 9.89 Å². The molecular formula is C20H19N3O5. The third-order valence-electron chi connectivity index (χ3n) is 4.13. The number of fused-ring (bicyclic) bond motifs is 1. The Hall–Kier alpha value is -3.68. The number of carbonyl (C=O) groups excluding carboxylic acids is 2. The Balaban J connectivity index is 1.54. The minimum atomic E-state index is -0.785. The van der Waals surface area contributed by atoms with Crippen LogP contribution in [0, 0.1) is 0 Å². The summed E-state index contributed by atoms with van der Waals surface area (Å²) in [7, 11) is 1.59. The van der Waals surface area contributed by atoms with E-state index in [4.69, 9.17) is 9.47 Å². The van der Waals surface area contributed by atoms with Gasteiger partial charge in [0, 0.05) is 11.9 Å². The maximum absolute atomic E-state index is 12.2. The van der Waals surface area contributed by atoms with Gasteiger partial charge in [-0.05, 0) is 24.1 Å². The third-order valence-corrected chi connectivity index (χ3v) is 4.13. The van der Waals surface area contributed by atoms with Crippen LogP contribution in [0.25, 0.3) is 10.8 Å². The van der Waals surface area contributed by atoms with E-state index in [2.05, 4.69) is 15.5 Å². The highest BCUT2D eigenvalue weighted by molar-refractivity contribution is 6.02. The molecule has 2 aromatic carbocycles. The molecule has 1 aromatic heterocycles. The highest BCUT2D eigenvalue weighted by atomic mass is 16.5. The quantitative estimate of drug-likeness (QED) is 0.600. The lowest BCUT2D eigenvalue weighted by atomic mass is 10.1. The summed E-state index contributed by atoms with van der Waals surface area (Å²) in [5.41, 5.74) is 0.518. The van der Waals surface area contributed by atoms with E-state index < -0.39 is 24.0 Å². The number of hydrogen-bond donors (Lipinski definition) is 2. The fourth-order valence-electron chi connectivity index (χ4n) is 2.77. The number of nitrogens with one attached hydrogen (secondary N) is 2. The van der Waals surface area contributed by atoms with Crippen molar-refractivity contribution in [1.82, 2.24) is 15.5 Å². The average Bonchev–Trinajstić information content (AvgIpc) is 2.73.